The van der Waals surface area contributed by atoms with Crippen LogP contribution in [0.4, 0.5) is 0 Å². The highest BCUT2D eigenvalue weighted by Gasteiger charge is 2.63. The van der Waals surface area contributed by atoms with Crippen LogP contribution in [-0.4, -0.2) is 10.7 Å². The van der Waals surface area contributed by atoms with Crippen molar-refractivity contribution < 1.29 is 5.11 Å². The molecule has 0 saturated heterocycles. The van der Waals surface area contributed by atoms with Gasteiger partial charge in [0.1, 0.15) is 0 Å². The number of allylic oxidation sites excluding steroid dienone is 3. The van der Waals surface area contributed by atoms with Crippen molar-refractivity contribution in [2.45, 2.75) is 71.3 Å². The Bertz CT molecular complexity index is 614. The van der Waals surface area contributed by atoms with E-state index in [4.69, 9.17) is 0 Å². The molecule has 132 valence electrons. The van der Waals surface area contributed by atoms with Gasteiger partial charge in [0.25, 0.3) is 0 Å². The molecule has 0 heterocycles. The van der Waals surface area contributed by atoms with Gasteiger partial charge in [-0.15, -0.1) is 0 Å². The molecule has 3 saturated carbocycles. The van der Waals surface area contributed by atoms with Crippen LogP contribution in [0.15, 0.2) is 36.0 Å². The summed E-state index contributed by atoms with van der Waals surface area (Å²) >= 11 is 0. The second kappa shape index (κ2) is 5.34. The molecular formula is C23H34O. The van der Waals surface area contributed by atoms with Crippen LogP contribution in [0.2, 0.25) is 0 Å². The topological polar surface area (TPSA) is 20.2 Å². The van der Waals surface area contributed by atoms with Crippen molar-refractivity contribution in [1.29, 1.82) is 0 Å². The monoisotopic (exact) mass is 326 g/mol. The highest BCUT2D eigenvalue weighted by molar-refractivity contribution is 5.31. The van der Waals surface area contributed by atoms with Gasteiger partial charge >= 0.3 is 0 Å². The normalized spacial score (nSPS) is 50.6. The lowest BCUT2D eigenvalue weighted by atomic mass is 9.48. The standard InChI is InChI=1S/C23H34O/c1-14(2)23(24)11-9-20-21-16(4)13-17-12-15(3)6-7-18(17)19(21)8-10-22(20,23)5/h12,16,18-21,24H,1,3,6-11,13H2,2,4-5H3/t16-,18+,19-,20+,21-,22+,23-/m1/s1. The van der Waals surface area contributed by atoms with Crippen molar-refractivity contribution in [3.05, 3.63) is 36.0 Å². The minimum atomic E-state index is -0.640. The van der Waals surface area contributed by atoms with E-state index in [1.54, 1.807) is 5.57 Å². The molecule has 4 rings (SSSR count). The van der Waals surface area contributed by atoms with E-state index >= 15 is 0 Å². The van der Waals surface area contributed by atoms with E-state index in [1.807, 2.05) is 6.92 Å². The number of aliphatic hydroxyl groups is 1. The van der Waals surface area contributed by atoms with E-state index in [0.29, 0.717) is 5.92 Å². The minimum absolute atomic E-state index is 0.0355. The van der Waals surface area contributed by atoms with E-state index in [9.17, 15) is 5.11 Å². The fourth-order valence-electron chi connectivity index (χ4n) is 7.41. The van der Waals surface area contributed by atoms with Gasteiger partial charge in [-0.3, -0.25) is 0 Å². The molecule has 0 aliphatic heterocycles. The Balaban J connectivity index is 1.70. The fraction of sp³-hybridized carbons (Fsp3) is 0.739. The van der Waals surface area contributed by atoms with Crippen LogP contribution in [0.5, 0.6) is 0 Å². The van der Waals surface area contributed by atoms with Gasteiger partial charge in [0.05, 0.1) is 5.60 Å². The average Bonchev–Trinajstić information content (AvgIpc) is 2.80. The molecule has 0 spiro atoms. The summed E-state index contributed by atoms with van der Waals surface area (Å²) in [7, 11) is 0. The van der Waals surface area contributed by atoms with Gasteiger partial charge < -0.3 is 5.11 Å². The molecular weight excluding hydrogens is 292 g/mol. The molecule has 7 atom stereocenters. The molecule has 0 unspecified atom stereocenters. The number of hydrogen-bond donors (Lipinski definition) is 1. The molecule has 24 heavy (non-hydrogen) atoms. The van der Waals surface area contributed by atoms with E-state index in [0.717, 1.165) is 35.7 Å². The Labute approximate surface area is 147 Å². The van der Waals surface area contributed by atoms with Crippen LogP contribution in [0.25, 0.3) is 0 Å². The molecule has 0 amide bonds. The van der Waals surface area contributed by atoms with Crippen molar-refractivity contribution in [2.24, 2.45) is 35.0 Å². The number of fused-ring (bicyclic) bond motifs is 5. The quantitative estimate of drug-likeness (QED) is 0.616. The van der Waals surface area contributed by atoms with Gasteiger partial charge in [0.2, 0.25) is 0 Å². The zero-order valence-corrected chi connectivity index (χ0v) is 15.8. The van der Waals surface area contributed by atoms with Crippen molar-refractivity contribution in [1.82, 2.24) is 0 Å². The number of hydrogen-bond acceptors (Lipinski definition) is 1. The maximum absolute atomic E-state index is 11.4. The van der Waals surface area contributed by atoms with Crippen LogP contribution in [0.1, 0.15) is 65.7 Å². The van der Waals surface area contributed by atoms with Crippen molar-refractivity contribution >= 4 is 0 Å². The van der Waals surface area contributed by atoms with Gasteiger partial charge in [-0.1, -0.05) is 44.2 Å². The molecule has 4 aliphatic rings. The summed E-state index contributed by atoms with van der Waals surface area (Å²) in [5.41, 5.74) is 3.42. The van der Waals surface area contributed by atoms with Gasteiger partial charge in [-0.2, -0.15) is 0 Å². The third-order valence-electron chi connectivity index (χ3n) is 8.62. The first-order valence-corrected chi connectivity index (χ1v) is 10.0. The van der Waals surface area contributed by atoms with Gasteiger partial charge in [-0.05, 0) is 87.0 Å². The average molecular weight is 327 g/mol. The third kappa shape index (κ3) is 2.03. The Morgan fingerprint density at radius 2 is 2.00 bits per heavy atom. The van der Waals surface area contributed by atoms with E-state index < -0.39 is 5.60 Å². The lowest BCUT2D eigenvalue weighted by molar-refractivity contribution is -0.107. The molecule has 1 nitrogen and oxygen atoms in total. The van der Waals surface area contributed by atoms with E-state index in [2.05, 4.69) is 33.1 Å². The molecule has 0 radical (unpaired) electrons. The van der Waals surface area contributed by atoms with Crippen molar-refractivity contribution in [2.75, 3.05) is 0 Å². The molecule has 0 aromatic carbocycles. The zero-order valence-electron chi connectivity index (χ0n) is 15.8. The second-order valence-electron chi connectivity index (χ2n) is 9.69. The molecule has 0 bridgehead atoms. The molecule has 3 fully saturated rings. The Hall–Kier alpha value is -0.820. The van der Waals surface area contributed by atoms with Crippen LogP contribution in [-0.2, 0) is 0 Å². The molecule has 1 N–H and O–H groups in total. The maximum Gasteiger partial charge on any atom is 0.0907 e. The molecule has 0 aromatic rings. The van der Waals surface area contributed by atoms with Crippen molar-refractivity contribution in [3.8, 4) is 0 Å². The summed E-state index contributed by atoms with van der Waals surface area (Å²) in [5.74, 6) is 3.81. The first-order chi connectivity index (χ1) is 11.3. The summed E-state index contributed by atoms with van der Waals surface area (Å²) in [6.07, 6.45) is 10.7. The van der Waals surface area contributed by atoms with Crippen LogP contribution in [0.3, 0.4) is 0 Å². The largest absolute Gasteiger partial charge is 0.385 e. The van der Waals surface area contributed by atoms with Crippen LogP contribution < -0.4 is 0 Å². The predicted molar refractivity (Wildman–Crippen MR) is 101 cm³/mol. The van der Waals surface area contributed by atoms with E-state index in [-0.39, 0.29) is 5.41 Å². The Morgan fingerprint density at radius 1 is 1.25 bits per heavy atom. The SMILES string of the molecule is C=C1C=C2C[C@@H](C)[C@@H]3[C@H](CC[C@@]4(C)[C@H]3CC[C@@]4(O)C(=C)C)[C@H]2CC1. The lowest BCUT2D eigenvalue weighted by Crippen LogP contribution is -2.54. The Morgan fingerprint density at radius 3 is 2.71 bits per heavy atom. The second-order valence-corrected chi connectivity index (χ2v) is 9.69. The third-order valence-corrected chi connectivity index (χ3v) is 8.62. The molecule has 1 heteroatoms. The van der Waals surface area contributed by atoms with Gasteiger partial charge in [0.15, 0.2) is 0 Å². The summed E-state index contributed by atoms with van der Waals surface area (Å²) in [5, 5.41) is 11.4. The molecule has 0 aromatic heterocycles. The van der Waals surface area contributed by atoms with Gasteiger partial charge in [0, 0.05) is 5.41 Å². The van der Waals surface area contributed by atoms with Crippen LogP contribution in [0, 0.1) is 35.0 Å². The highest BCUT2D eigenvalue weighted by atomic mass is 16.3. The predicted octanol–water partition coefficient (Wildman–Crippen LogP) is 5.67. The van der Waals surface area contributed by atoms with Crippen molar-refractivity contribution in [3.63, 3.8) is 0 Å². The zero-order chi connectivity index (χ0) is 17.3. The highest BCUT2D eigenvalue weighted by Crippen LogP contribution is 2.67. The number of rotatable bonds is 1. The maximum atomic E-state index is 11.4. The molecule has 4 aliphatic carbocycles. The minimum Gasteiger partial charge on any atom is -0.385 e. The summed E-state index contributed by atoms with van der Waals surface area (Å²) in [6, 6.07) is 0. The summed E-state index contributed by atoms with van der Waals surface area (Å²) in [6.45, 7) is 15.3. The first-order valence-electron chi connectivity index (χ1n) is 10.0. The van der Waals surface area contributed by atoms with Gasteiger partial charge in [-0.25, -0.2) is 0 Å². The van der Waals surface area contributed by atoms with Crippen LogP contribution >= 0.6 is 0 Å². The summed E-state index contributed by atoms with van der Waals surface area (Å²) < 4.78 is 0. The Kier molecular flexibility index (Phi) is 3.70. The lowest BCUT2D eigenvalue weighted by Gasteiger charge is -2.58. The summed E-state index contributed by atoms with van der Waals surface area (Å²) in [4.78, 5) is 0. The fourth-order valence-corrected chi connectivity index (χ4v) is 7.41. The van der Waals surface area contributed by atoms with E-state index in [1.165, 1.54) is 44.1 Å². The smallest absolute Gasteiger partial charge is 0.0907 e. The first kappa shape index (κ1) is 16.6.